The average Bonchev–Trinajstić information content (AvgIpc) is 3.30. The number of pyridine rings is 1. The van der Waals surface area contributed by atoms with Crippen LogP contribution in [0.1, 0.15) is 29.1 Å². The molecular weight excluding hydrogens is 424 g/mol. The molecule has 4 rings (SSSR count). The molecule has 2 N–H and O–H groups in total. The maximum atomic E-state index is 12.4. The Morgan fingerprint density at radius 1 is 1.17 bits per heavy atom. The monoisotopic (exact) mass is 442 g/mol. The summed E-state index contributed by atoms with van der Waals surface area (Å²) in [6.45, 7) is 0.494. The number of hydrogen-bond donors (Lipinski definition) is 2. The molecule has 1 amide bonds. The highest BCUT2D eigenvalue weighted by Gasteiger charge is 2.40. The normalized spacial score (nSPS) is 18.5. The summed E-state index contributed by atoms with van der Waals surface area (Å²) in [6.07, 6.45) is 2.09. The number of aromatic nitrogens is 1. The molecule has 0 saturated carbocycles. The predicted molar refractivity (Wildman–Crippen MR) is 121 cm³/mol. The summed E-state index contributed by atoms with van der Waals surface area (Å²) in [4.78, 5) is 20.1. The van der Waals surface area contributed by atoms with E-state index in [1.54, 1.807) is 6.20 Å². The van der Waals surface area contributed by atoms with E-state index in [-0.39, 0.29) is 18.0 Å². The van der Waals surface area contributed by atoms with Crippen molar-refractivity contribution in [3.05, 3.63) is 81.8 Å². The summed E-state index contributed by atoms with van der Waals surface area (Å²) in [5.74, 6) is -0.0525. The molecule has 1 aliphatic rings. The zero-order valence-electron chi connectivity index (χ0n) is 15.4. The fraction of sp³-hybridized carbons (Fsp3) is 0.190. The Kier molecular flexibility index (Phi) is 6.08. The summed E-state index contributed by atoms with van der Waals surface area (Å²) in [7, 11) is 0. The first kappa shape index (κ1) is 19.8. The molecule has 2 atom stereocenters. The molecule has 0 unspecified atom stereocenters. The van der Waals surface area contributed by atoms with Crippen LogP contribution >= 0.6 is 35.2 Å². The van der Waals surface area contributed by atoms with E-state index in [0.717, 1.165) is 20.6 Å². The zero-order valence-corrected chi connectivity index (χ0v) is 17.8. The second-order valence-electron chi connectivity index (χ2n) is 6.63. The molecule has 0 bridgehead atoms. The van der Waals surface area contributed by atoms with Crippen molar-refractivity contribution in [1.82, 2.24) is 15.2 Å². The third-order valence-corrected chi connectivity index (χ3v) is 6.37. The Bertz CT molecular complexity index is 996. The molecule has 5 nitrogen and oxygen atoms in total. The van der Waals surface area contributed by atoms with Crippen molar-refractivity contribution < 1.29 is 4.79 Å². The number of carbonyl (C=O) groups excluding carboxylic acids is 1. The standard InChI is InChI=1S/C21H19ClN4OS2/c22-17-10-9-16(29-17)20-19(15-8-4-5-12-23-15)25-21(28)26(20)13-11-18(27)24-14-6-2-1-3-7-14/h1-10,12,19-20H,11,13H2,(H,24,27)(H,25,28)/t19-,20+/m1/s1. The van der Waals surface area contributed by atoms with Crippen LogP contribution in [0.5, 0.6) is 0 Å². The van der Waals surface area contributed by atoms with Crippen LogP contribution in [0, 0.1) is 0 Å². The molecule has 1 aliphatic heterocycles. The number of nitrogens with zero attached hydrogens (tertiary/aromatic N) is 2. The Morgan fingerprint density at radius 2 is 1.97 bits per heavy atom. The highest BCUT2D eigenvalue weighted by atomic mass is 35.5. The van der Waals surface area contributed by atoms with E-state index < -0.39 is 0 Å². The molecule has 3 heterocycles. The maximum Gasteiger partial charge on any atom is 0.226 e. The van der Waals surface area contributed by atoms with E-state index in [9.17, 15) is 4.79 Å². The number of anilines is 1. The Hall–Kier alpha value is -2.48. The van der Waals surface area contributed by atoms with Gasteiger partial charge in [0.1, 0.15) is 0 Å². The van der Waals surface area contributed by atoms with Gasteiger partial charge in [-0.3, -0.25) is 9.78 Å². The van der Waals surface area contributed by atoms with Gasteiger partial charge >= 0.3 is 0 Å². The Balaban J connectivity index is 1.52. The fourth-order valence-electron chi connectivity index (χ4n) is 3.41. The van der Waals surface area contributed by atoms with E-state index in [1.165, 1.54) is 11.3 Å². The summed E-state index contributed by atoms with van der Waals surface area (Å²) in [5, 5.41) is 6.91. The SMILES string of the molecule is O=C(CCN1C(=S)N[C@H](c2ccccn2)[C@@H]1c1ccc(Cl)s1)Nc1ccccc1. The highest BCUT2D eigenvalue weighted by molar-refractivity contribution is 7.80. The van der Waals surface area contributed by atoms with Gasteiger partial charge in [0, 0.05) is 29.7 Å². The lowest BCUT2D eigenvalue weighted by atomic mass is 10.0. The molecule has 0 radical (unpaired) electrons. The third-order valence-electron chi connectivity index (χ3n) is 4.72. The van der Waals surface area contributed by atoms with Gasteiger partial charge in [-0.2, -0.15) is 0 Å². The maximum absolute atomic E-state index is 12.4. The van der Waals surface area contributed by atoms with Crippen LogP contribution in [0.4, 0.5) is 5.69 Å². The van der Waals surface area contributed by atoms with Crippen molar-refractivity contribution in [3.63, 3.8) is 0 Å². The van der Waals surface area contributed by atoms with Crippen LogP contribution in [0.2, 0.25) is 4.34 Å². The van der Waals surface area contributed by atoms with Gasteiger partial charge < -0.3 is 15.5 Å². The lowest BCUT2D eigenvalue weighted by Crippen LogP contribution is -2.32. The van der Waals surface area contributed by atoms with Crippen LogP contribution < -0.4 is 10.6 Å². The number of amides is 1. The molecule has 3 aromatic rings. The number of thiophene rings is 1. The third kappa shape index (κ3) is 4.58. The van der Waals surface area contributed by atoms with E-state index in [0.29, 0.717) is 18.1 Å². The van der Waals surface area contributed by atoms with Crippen molar-refractivity contribution in [2.75, 3.05) is 11.9 Å². The molecular formula is C21H19ClN4OS2. The summed E-state index contributed by atoms with van der Waals surface area (Å²) in [5.41, 5.74) is 1.69. The fourth-order valence-corrected chi connectivity index (χ4v) is 4.95. The molecule has 0 spiro atoms. The minimum absolute atomic E-state index is 0.0525. The van der Waals surface area contributed by atoms with Crippen LogP contribution in [-0.2, 0) is 4.79 Å². The molecule has 0 aliphatic carbocycles. The Morgan fingerprint density at radius 3 is 2.66 bits per heavy atom. The number of rotatable bonds is 6. The highest BCUT2D eigenvalue weighted by Crippen LogP contribution is 2.42. The molecule has 2 aromatic heterocycles. The quantitative estimate of drug-likeness (QED) is 0.537. The first-order valence-electron chi connectivity index (χ1n) is 9.20. The first-order chi connectivity index (χ1) is 14.1. The van der Waals surface area contributed by atoms with E-state index in [4.69, 9.17) is 23.8 Å². The number of hydrogen-bond acceptors (Lipinski definition) is 4. The van der Waals surface area contributed by atoms with Crippen molar-refractivity contribution in [3.8, 4) is 0 Å². The number of benzene rings is 1. The van der Waals surface area contributed by atoms with Gasteiger partial charge in [-0.15, -0.1) is 11.3 Å². The van der Waals surface area contributed by atoms with Gasteiger partial charge in [0.05, 0.1) is 22.1 Å². The van der Waals surface area contributed by atoms with Gasteiger partial charge in [-0.25, -0.2) is 0 Å². The smallest absolute Gasteiger partial charge is 0.226 e. The number of thiocarbonyl (C=S) groups is 1. The minimum atomic E-state index is -0.101. The van der Waals surface area contributed by atoms with Crippen molar-refractivity contribution in [2.45, 2.75) is 18.5 Å². The number of halogens is 1. The predicted octanol–water partition coefficient (Wildman–Crippen LogP) is 4.80. The lowest BCUT2D eigenvalue weighted by molar-refractivity contribution is -0.116. The van der Waals surface area contributed by atoms with E-state index in [2.05, 4.69) is 20.5 Å². The molecule has 1 aromatic carbocycles. The van der Waals surface area contributed by atoms with Gasteiger partial charge in [0.2, 0.25) is 5.91 Å². The van der Waals surface area contributed by atoms with Crippen LogP contribution in [0.15, 0.2) is 66.9 Å². The van der Waals surface area contributed by atoms with Crippen molar-refractivity contribution in [1.29, 1.82) is 0 Å². The number of para-hydroxylation sites is 1. The zero-order chi connectivity index (χ0) is 20.2. The summed E-state index contributed by atoms with van der Waals surface area (Å²) >= 11 is 13.3. The van der Waals surface area contributed by atoms with Crippen molar-refractivity contribution >= 4 is 51.9 Å². The molecule has 1 saturated heterocycles. The Labute approximate surface area is 183 Å². The average molecular weight is 443 g/mol. The second kappa shape index (κ2) is 8.90. The first-order valence-corrected chi connectivity index (χ1v) is 10.8. The van der Waals surface area contributed by atoms with Gasteiger partial charge in [0.15, 0.2) is 5.11 Å². The topological polar surface area (TPSA) is 57.3 Å². The molecule has 1 fully saturated rings. The molecule has 148 valence electrons. The largest absolute Gasteiger partial charge is 0.352 e. The van der Waals surface area contributed by atoms with Gasteiger partial charge in [0.25, 0.3) is 0 Å². The minimum Gasteiger partial charge on any atom is -0.352 e. The van der Waals surface area contributed by atoms with Gasteiger partial charge in [-0.1, -0.05) is 35.9 Å². The molecule has 8 heteroatoms. The van der Waals surface area contributed by atoms with Crippen LogP contribution in [-0.4, -0.2) is 27.4 Å². The lowest BCUT2D eigenvalue weighted by Gasteiger charge is -2.26. The van der Waals surface area contributed by atoms with E-state index in [1.807, 2.05) is 60.7 Å². The summed E-state index contributed by atoms with van der Waals surface area (Å²) < 4.78 is 0.722. The van der Waals surface area contributed by atoms with Crippen LogP contribution in [0.3, 0.4) is 0 Å². The number of carbonyl (C=O) groups is 1. The van der Waals surface area contributed by atoms with Crippen molar-refractivity contribution in [2.24, 2.45) is 0 Å². The second-order valence-corrected chi connectivity index (χ2v) is 8.76. The van der Waals surface area contributed by atoms with Gasteiger partial charge in [-0.05, 0) is 48.6 Å². The summed E-state index contributed by atoms with van der Waals surface area (Å²) in [6, 6.07) is 19.0. The van der Waals surface area contributed by atoms with Crippen LogP contribution in [0.25, 0.3) is 0 Å². The number of nitrogens with one attached hydrogen (secondary N) is 2. The molecule has 29 heavy (non-hydrogen) atoms. The van der Waals surface area contributed by atoms with E-state index >= 15 is 0 Å².